The molecule has 2 aliphatic heterocycles. The van der Waals surface area contributed by atoms with E-state index in [0.29, 0.717) is 36.9 Å². The smallest absolute Gasteiger partial charge is 0.174 e. The van der Waals surface area contributed by atoms with E-state index in [2.05, 4.69) is 13.0 Å². The second-order valence-electron chi connectivity index (χ2n) is 10.1. The lowest BCUT2D eigenvalue weighted by molar-refractivity contribution is -0.261. The van der Waals surface area contributed by atoms with Gasteiger partial charge < -0.3 is 24.1 Å². The second-order valence-corrected chi connectivity index (χ2v) is 10.1. The number of fused-ring (bicyclic) bond motifs is 6. The molecule has 5 fully saturated rings. The third-order valence-electron chi connectivity index (χ3n) is 9.38. The van der Waals surface area contributed by atoms with Crippen molar-refractivity contribution in [2.24, 2.45) is 29.1 Å². The maximum atomic E-state index is 11.5. The molecular weight excluding hydrogens is 356 g/mol. The lowest BCUT2D eigenvalue weighted by Gasteiger charge is -2.58. The molecular formula is C23H34O5. The van der Waals surface area contributed by atoms with E-state index in [-0.39, 0.29) is 17.3 Å². The van der Waals surface area contributed by atoms with E-state index in [1.54, 1.807) is 0 Å². The molecule has 5 heteroatoms. The normalized spacial score (nSPS) is 48.4. The van der Waals surface area contributed by atoms with Gasteiger partial charge in [0.25, 0.3) is 0 Å². The summed E-state index contributed by atoms with van der Waals surface area (Å²) < 4.78 is 24.6. The summed E-state index contributed by atoms with van der Waals surface area (Å²) >= 11 is 0. The number of ether oxygens (including phenoxy) is 4. The molecule has 4 aliphatic carbocycles. The molecule has 1 N–H and O–H groups in total. The highest BCUT2D eigenvalue weighted by Crippen LogP contribution is 2.68. The zero-order valence-corrected chi connectivity index (χ0v) is 17.0. The van der Waals surface area contributed by atoms with Gasteiger partial charge in [-0.15, -0.1) is 0 Å². The molecule has 6 atom stereocenters. The Morgan fingerprint density at radius 2 is 1.79 bits per heavy atom. The average Bonchev–Trinajstić information content (AvgIpc) is 3.43. The number of rotatable bonds is 1. The van der Waals surface area contributed by atoms with Crippen LogP contribution in [0, 0.1) is 29.1 Å². The first-order valence-corrected chi connectivity index (χ1v) is 11.5. The van der Waals surface area contributed by atoms with Gasteiger partial charge >= 0.3 is 0 Å². The van der Waals surface area contributed by atoms with Crippen LogP contribution < -0.4 is 0 Å². The lowest BCUT2D eigenvalue weighted by atomic mass is 9.50. The molecule has 0 unspecified atom stereocenters. The van der Waals surface area contributed by atoms with Crippen LogP contribution in [0.25, 0.3) is 0 Å². The Balaban J connectivity index is 1.33. The second kappa shape index (κ2) is 6.27. The molecule has 6 aliphatic rings. The highest BCUT2D eigenvalue weighted by atomic mass is 16.7. The van der Waals surface area contributed by atoms with Crippen LogP contribution in [0.2, 0.25) is 0 Å². The molecule has 5 nitrogen and oxygen atoms in total. The Bertz CT molecular complexity index is 662. The van der Waals surface area contributed by atoms with Gasteiger partial charge in [0.1, 0.15) is 0 Å². The zero-order chi connectivity index (χ0) is 19.0. The van der Waals surface area contributed by atoms with Crippen LogP contribution in [0.1, 0.15) is 58.3 Å². The minimum Gasteiger partial charge on any atom is -0.393 e. The van der Waals surface area contributed by atoms with E-state index >= 15 is 0 Å². The van der Waals surface area contributed by atoms with Gasteiger partial charge in [0.05, 0.1) is 32.5 Å². The monoisotopic (exact) mass is 390 g/mol. The van der Waals surface area contributed by atoms with Gasteiger partial charge in [-0.2, -0.15) is 0 Å². The Kier molecular flexibility index (Phi) is 4.10. The Morgan fingerprint density at radius 3 is 2.54 bits per heavy atom. The molecule has 2 saturated heterocycles. The topological polar surface area (TPSA) is 57.2 Å². The van der Waals surface area contributed by atoms with Gasteiger partial charge in [-0.3, -0.25) is 0 Å². The molecule has 2 heterocycles. The Hall–Kier alpha value is -0.460. The van der Waals surface area contributed by atoms with E-state index in [0.717, 1.165) is 58.2 Å². The largest absolute Gasteiger partial charge is 0.393 e. The molecule has 0 aromatic heterocycles. The first-order chi connectivity index (χ1) is 13.6. The predicted molar refractivity (Wildman–Crippen MR) is 102 cm³/mol. The van der Waals surface area contributed by atoms with Crippen LogP contribution in [0.4, 0.5) is 0 Å². The number of hydrogen-bond donors (Lipinski definition) is 1. The van der Waals surface area contributed by atoms with Crippen molar-refractivity contribution in [1.82, 2.24) is 0 Å². The first kappa shape index (κ1) is 18.3. The van der Waals surface area contributed by atoms with Gasteiger partial charge in [0.2, 0.25) is 0 Å². The highest BCUT2D eigenvalue weighted by molar-refractivity contribution is 5.24. The molecule has 0 radical (unpaired) electrons. The fourth-order valence-electron chi connectivity index (χ4n) is 8.38. The van der Waals surface area contributed by atoms with E-state index in [4.69, 9.17) is 18.9 Å². The SMILES string of the molecule is CC[C@]12C[C@@H](O)[C@H]3[C@@H](CC=C4CC5(CC[C@H]43)OCCO5)[C@@H]1CCC21OCCO1. The van der Waals surface area contributed by atoms with Crippen molar-refractivity contribution in [3.05, 3.63) is 11.6 Å². The zero-order valence-electron chi connectivity index (χ0n) is 17.0. The summed E-state index contributed by atoms with van der Waals surface area (Å²) in [6, 6.07) is 0. The van der Waals surface area contributed by atoms with E-state index < -0.39 is 5.79 Å². The lowest BCUT2D eigenvalue weighted by Crippen LogP contribution is -2.59. The summed E-state index contributed by atoms with van der Waals surface area (Å²) in [4.78, 5) is 0. The molecule has 0 amide bonds. The Labute approximate surface area is 167 Å². The first-order valence-electron chi connectivity index (χ1n) is 11.5. The van der Waals surface area contributed by atoms with Crippen LogP contribution in [-0.4, -0.2) is 49.2 Å². The maximum absolute atomic E-state index is 11.5. The van der Waals surface area contributed by atoms with Crippen molar-refractivity contribution in [3.8, 4) is 0 Å². The minimum absolute atomic E-state index is 0.0248. The molecule has 28 heavy (non-hydrogen) atoms. The minimum atomic E-state index is -0.440. The number of aliphatic hydroxyl groups excluding tert-OH is 1. The fraction of sp³-hybridized carbons (Fsp3) is 0.913. The van der Waals surface area contributed by atoms with E-state index in [1.807, 2.05) is 0 Å². The molecule has 6 rings (SSSR count). The third kappa shape index (κ3) is 2.26. The van der Waals surface area contributed by atoms with Crippen molar-refractivity contribution in [2.45, 2.75) is 76.0 Å². The van der Waals surface area contributed by atoms with Gasteiger partial charge in [0.15, 0.2) is 11.6 Å². The average molecular weight is 391 g/mol. The number of aliphatic hydroxyl groups is 1. The number of allylic oxidation sites excluding steroid dienone is 1. The molecule has 2 spiro atoms. The number of hydrogen-bond acceptors (Lipinski definition) is 5. The highest BCUT2D eigenvalue weighted by Gasteiger charge is 2.68. The fourth-order valence-corrected chi connectivity index (χ4v) is 8.38. The Morgan fingerprint density at radius 1 is 1.04 bits per heavy atom. The summed E-state index contributed by atoms with van der Waals surface area (Å²) in [6.07, 6.45) is 10.3. The molecule has 0 aromatic rings. The summed E-state index contributed by atoms with van der Waals surface area (Å²) in [6.45, 7) is 5.12. The van der Waals surface area contributed by atoms with Gasteiger partial charge in [-0.25, -0.2) is 0 Å². The van der Waals surface area contributed by atoms with Gasteiger partial charge in [0, 0.05) is 24.7 Å². The molecule has 3 saturated carbocycles. The summed E-state index contributed by atoms with van der Waals surface area (Å²) in [5, 5.41) is 11.5. The van der Waals surface area contributed by atoms with Crippen molar-refractivity contribution >= 4 is 0 Å². The van der Waals surface area contributed by atoms with Crippen molar-refractivity contribution < 1.29 is 24.1 Å². The van der Waals surface area contributed by atoms with Crippen molar-refractivity contribution in [3.63, 3.8) is 0 Å². The van der Waals surface area contributed by atoms with E-state index in [1.165, 1.54) is 12.0 Å². The van der Waals surface area contributed by atoms with Crippen molar-refractivity contribution in [1.29, 1.82) is 0 Å². The van der Waals surface area contributed by atoms with Gasteiger partial charge in [-0.1, -0.05) is 18.6 Å². The van der Waals surface area contributed by atoms with Crippen LogP contribution in [0.5, 0.6) is 0 Å². The van der Waals surface area contributed by atoms with Crippen LogP contribution in [-0.2, 0) is 18.9 Å². The quantitative estimate of drug-likeness (QED) is 0.696. The molecule has 156 valence electrons. The van der Waals surface area contributed by atoms with Crippen LogP contribution >= 0.6 is 0 Å². The van der Waals surface area contributed by atoms with Crippen LogP contribution in [0.3, 0.4) is 0 Å². The molecule has 0 aromatic carbocycles. The van der Waals surface area contributed by atoms with Gasteiger partial charge in [-0.05, 0) is 55.8 Å². The summed E-state index contributed by atoms with van der Waals surface area (Å²) in [5.74, 6) is 1.19. The van der Waals surface area contributed by atoms with E-state index in [9.17, 15) is 5.11 Å². The van der Waals surface area contributed by atoms with Crippen molar-refractivity contribution in [2.75, 3.05) is 26.4 Å². The maximum Gasteiger partial charge on any atom is 0.174 e. The van der Waals surface area contributed by atoms with Crippen LogP contribution in [0.15, 0.2) is 11.6 Å². The standard InChI is InChI=1S/C23H34O5/c1-2-21-14-19(24)20-16-5-7-22(25-9-10-26-22)13-15(16)3-4-17(20)18(21)6-8-23(21)27-11-12-28-23/h3,16-20,24H,2,4-14H2,1H3/t16-,17+,18+,19-,20-,21+/m1/s1. The predicted octanol–water partition coefficient (Wildman–Crippen LogP) is 3.41. The summed E-state index contributed by atoms with van der Waals surface area (Å²) in [5.41, 5.74) is 1.46. The third-order valence-corrected chi connectivity index (χ3v) is 9.38. The summed E-state index contributed by atoms with van der Waals surface area (Å²) in [7, 11) is 0. The molecule has 0 bridgehead atoms.